The summed E-state index contributed by atoms with van der Waals surface area (Å²) < 4.78 is 11.6. The number of nitrogens with zero attached hydrogens (tertiary/aromatic N) is 3. The first-order valence-electron chi connectivity index (χ1n) is 12.6. The molecule has 0 radical (unpaired) electrons. The van der Waals surface area contributed by atoms with Gasteiger partial charge in [0.1, 0.15) is 18.2 Å². The lowest BCUT2D eigenvalue weighted by atomic mass is 10.1. The van der Waals surface area contributed by atoms with Gasteiger partial charge in [-0.15, -0.1) is 0 Å². The van der Waals surface area contributed by atoms with Crippen molar-refractivity contribution in [3.63, 3.8) is 0 Å². The largest absolute Gasteiger partial charge is 0.493 e. The predicted molar refractivity (Wildman–Crippen MR) is 150 cm³/mol. The van der Waals surface area contributed by atoms with E-state index in [4.69, 9.17) is 9.47 Å². The second-order valence-corrected chi connectivity index (χ2v) is 9.17. The molecule has 4 aromatic carbocycles. The number of piperazine rings is 1. The summed E-state index contributed by atoms with van der Waals surface area (Å²) in [7, 11) is 1.58. The zero-order chi connectivity index (χ0) is 26.3. The maximum absolute atomic E-state index is 13.1. The van der Waals surface area contributed by atoms with Crippen molar-refractivity contribution in [2.45, 2.75) is 6.61 Å². The third kappa shape index (κ3) is 5.63. The molecule has 0 aromatic heterocycles. The fourth-order valence-electron chi connectivity index (χ4n) is 4.67. The molecule has 38 heavy (non-hydrogen) atoms. The van der Waals surface area contributed by atoms with Gasteiger partial charge >= 0.3 is 0 Å². The van der Waals surface area contributed by atoms with Gasteiger partial charge in [-0.3, -0.25) is 4.79 Å². The number of carbonyl (C=O) groups excluding carboxylic acids is 1. The number of rotatable bonds is 7. The molecule has 5 rings (SSSR count). The van der Waals surface area contributed by atoms with Crippen LogP contribution < -0.4 is 14.4 Å². The first-order valence-corrected chi connectivity index (χ1v) is 12.6. The summed E-state index contributed by atoms with van der Waals surface area (Å²) in [5, 5.41) is 12.1. The van der Waals surface area contributed by atoms with E-state index < -0.39 is 0 Å². The van der Waals surface area contributed by atoms with Crippen molar-refractivity contribution in [1.82, 2.24) is 4.90 Å². The molecule has 0 spiro atoms. The van der Waals surface area contributed by atoms with Crippen LogP contribution in [0, 0.1) is 11.3 Å². The summed E-state index contributed by atoms with van der Waals surface area (Å²) in [5.74, 6) is 0.885. The van der Waals surface area contributed by atoms with Gasteiger partial charge < -0.3 is 19.3 Å². The Labute approximate surface area is 222 Å². The van der Waals surface area contributed by atoms with E-state index in [9.17, 15) is 10.1 Å². The van der Waals surface area contributed by atoms with E-state index in [0.717, 1.165) is 29.7 Å². The SMILES string of the molecule is COc1cc(C=C(C#N)C(=O)N2CCN(c3ccccc3)CC2)ccc1OCc1ccc2ccccc2c1. The molecule has 1 amide bonds. The molecule has 1 saturated heterocycles. The molecule has 6 heteroatoms. The van der Waals surface area contributed by atoms with E-state index in [0.29, 0.717) is 36.8 Å². The van der Waals surface area contributed by atoms with Crippen molar-refractivity contribution in [3.8, 4) is 17.6 Å². The van der Waals surface area contributed by atoms with Crippen LogP contribution in [0.1, 0.15) is 11.1 Å². The number of nitriles is 1. The van der Waals surface area contributed by atoms with Gasteiger partial charge in [0.25, 0.3) is 5.91 Å². The molecule has 0 bridgehead atoms. The Kier molecular flexibility index (Phi) is 7.56. The van der Waals surface area contributed by atoms with E-state index in [1.54, 1.807) is 24.2 Å². The van der Waals surface area contributed by atoms with Crippen LogP contribution in [0.25, 0.3) is 16.8 Å². The van der Waals surface area contributed by atoms with Crippen molar-refractivity contribution in [2.75, 3.05) is 38.2 Å². The topological polar surface area (TPSA) is 65.8 Å². The van der Waals surface area contributed by atoms with Crippen LogP contribution in [0.4, 0.5) is 5.69 Å². The minimum Gasteiger partial charge on any atom is -0.493 e. The molecular formula is C32H29N3O3. The Morgan fingerprint density at radius 2 is 1.61 bits per heavy atom. The van der Waals surface area contributed by atoms with E-state index in [-0.39, 0.29) is 11.5 Å². The Balaban J connectivity index is 1.25. The summed E-state index contributed by atoms with van der Waals surface area (Å²) in [5.41, 5.74) is 3.00. The lowest BCUT2D eigenvalue weighted by Gasteiger charge is -2.36. The molecule has 0 atom stereocenters. The molecule has 1 aliphatic rings. The van der Waals surface area contributed by atoms with Gasteiger partial charge in [0, 0.05) is 31.9 Å². The number of carbonyl (C=O) groups is 1. The zero-order valence-electron chi connectivity index (χ0n) is 21.3. The van der Waals surface area contributed by atoms with Gasteiger partial charge in [-0.2, -0.15) is 5.26 Å². The lowest BCUT2D eigenvalue weighted by molar-refractivity contribution is -0.126. The number of hydrogen-bond acceptors (Lipinski definition) is 5. The Bertz CT molecular complexity index is 1500. The van der Waals surface area contributed by atoms with Crippen molar-refractivity contribution >= 4 is 28.4 Å². The molecule has 0 N–H and O–H groups in total. The maximum Gasteiger partial charge on any atom is 0.264 e. The minimum atomic E-state index is -0.254. The van der Waals surface area contributed by atoms with Crippen LogP contribution in [0.2, 0.25) is 0 Å². The summed E-state index contributed by atoms with van der Waals surface area (Å²) in [6.07, 6.45) is 1.61. The summed E-state index contributed by atoms with van der Waals surface area (Å²) in [6.45, 7) is 2.99. The number of hydrogen-bond donors (Lipinski definition) is 0. The molecule has 0 aliphatic carbocycles. The van der Waals surface area contributed by atoms with Crippen LogP contribution >= 0.6 is 0 Å². The Morgan fingerprint density at radius 1 is 0.868 bits per heavy atom. The number of para-hydroxylation sites is 1. The number of benzene rings is 4. The molecule has 1 fully saturated rings. The predicted octanol–water partition coefficient (Wildman–Crippen LogP) is 5.68. The van der Waals surface area contributed by atoms with E-state index >= 15 is 0 Å². The number of fused-ring (bicyclic) bond motifs is 1. The fraction of sp³-hybridized carbons (Fsp3) is 0.188. The second kappa shape index (κ2) is 11.5. The third-order valence-electron chi connectivity index (χ3n) is 6.75. The van der Waals surface area contributed by atoms with Gasteiger partial charge in [0.15, 0.2) is 11.5 Å². The van der Waals surface area contributed by atoms with Crippen LogP contribution in [0.15, 0.2) is 96.6 Å². The van der Waals surface area contributed by atoms with Crippen molar-refractivity contribution in [2.24, 2.45) is 0 Å². The highest BCUT2D eigenvalue weighted by molar-refractivity contribution is 6.01. The quantitative estimate of drug-likeness (QED) is 0.240. The number of ether oxygens (including phenoxy) is 2. The van der Waals surface area contributed by atoms with Crippen molar-refractivity contribution < 1.29 is 14.3 Å². The monoisotopic (exact) mass is 503 g/mol. The third-order valence-corrected chi connectivity index (χ3v) is 6.75. The van der Waals surface area contributed by atoms with Crippen LogP contribution in [0.3, 0.4) is 0 Å². The molecule has 0 saturated carbocycles. The molecule has 1 heterocycles. The van der Waals surface area contributed by atoms with Gasteiger partial charge in [0.05, 0.1) is 7.11 Å². The summed E-state index contributed by atoms with van der Waals surface area (Å²) in [4.78, 5) is 17.1. The van der Waals surface area contributed by atoms with Gasteiger partial charge in [-0.25, -0.2) is 0 Å². The summed E-state index contributed by atoms with van der Waals surface area (Å²) >= 11 is 0. The molecule has 6 nitrogen and oxygen atoms in total. The van der Waals surface area contributed by atoms with Crippen LogP contribution in [-0.4, -0.2) is 44.1 Å². The molecule has 4 aromatic rings. The average molecular weight is 504 g/mol. The van der Waals surface area contributed by atoms with Gasteiger partial charge in [-0.1, -0.05) is 60.7 Å². The highest BCUT2D eigenvalue weighted by Crippen LogP contribution is 2.30. The first kappa shape index (κ1) is 24.9. The highest BCUT2D eigenvalue weighted by Gasteiger charge is 2.24. The van der Waals surface area contributed by atoms with Gasteiger partial charge in [-0.05, 0) is 58.3 Å². The molecule has 0 unspecified atom stereocenters. The lowest BCUT2D eigenvalue weighted by Crippen LogP contribution is -2.49. The summed E-state index contributed by atoms with van der Waals surface area (Å²) in [6, 6.07) is 32.1. The second-order valence-electron chi connectivity index (χ2n) is 9.17. The number of methoxy groups -OCH3 is 1. The fourth-order valence-corrected chi connectivity index (χ4v) is 4.67. The Morgan fingerprint density at radius 3 is 2.34 bits per heavy atom. The van der Waals surface area contributed by atoms with Crippen LogP contribution in [0.5, 0.6) is 11.5 Å². The van der Waals surface area contributed by atoms with E-state index in [1.807, 2.05) is 42.5 Å². The standard InChI is InChI=1S/C32H29N3O3/c1-37-31-21-24(12-14-30(31)38-23-25-11-13-26-7-5-6-8-27(26)20-25)19-28(22-33)32(36)35-17-15-34(16-18-35)29-9-3-2-4-10-29/h2-14,19-21H,15-18,23H2,1H3. The van der Waals surface area contributed by atoms with Gasteiger partial charge in [0.2, 0.25) is 0 Å². The van der Waals surface area contributed by atoms with Crippen molar-refractivity contribution in [3.05, 3.63) is 108 Å². The van der Waals surface area contributed by atoms with Crippen LogP contribution in [-0.2, 0) is 11.4 Å². The zero-order valence-corrected chi connectivity index (χ0v) is 21.3. The average Bonchev–Trinajstić information content (AvgIpc) is 2.99. The van der Waals surface area contributed by atoms with E-state index in [2.05, 4.69) is 53.4 Å². The first-order chi connectivity index (χ1) is 18.6. The molecule has 1 aliphatic heterocycles. The minimum absolute atomic E-state index is 0.102. The normalized spacial score (nSPS) is 13.7. The molecular weight excluding hydrogens is 474 g/mol. The highest BCUT2D eigenvalue weighted by atomic mass is 16.5. The Hall–Kier alpha value is -4.76. The number of amides is 1. The van der Waals surface area contributed by atoms with E-state index in [1.165, 1.54) is 5.39 Å². The maximum atomic E-state index is 13.1. The molecule has 190 valence electrons. The smallest absolute Gasteiger partial charge is 0.264 e. The number of anilines is 1. The van der Waals surface area contributed by atoms with Crippen molar-refractivity contribution in [1.29, 1.82) is 5.26 Å².